The Labute approximate surface area is 108 Å². The molecule has 2 rings (SSSR count). The number of ether oxygens (including phenoxy) is 1. The molecule has 0 spiro atoms. The molecule has 0 bridgehead atoms. The van der Waals surface area contributed by atoms with Gasteiger partial charge >= 0.3 is 0 Å². The third-order valence-corrected chi connectivity index (χ3v) is 3.27. The number of anilines is 1. The molecule has 1 aliphatic heterocycles. The zero-order chi connectivity index (χ0) is 13.1. The molecule has 0 aliphatic carbocycles. The lowest BCUT2D eigenvalue weighted by Crippen LogP contribution is -2.35. The fraction of sp³-hybridized carbons (Fsp3) is 0.500. The summed E-state index contributed by atoms with van der Waals surface area (Å²) in [6, 6.07) is 5.48. The molecular formula is C14H20N2O2. The Bertz CT molecular complexity index is 445. The Morgan fingerprint density at radius 3 is 3.00 bits per heavy atom. The minimum absolute atomic E-state index is 0.0408. The van der Waals surface area contributed by atoms with Gasteiger partial charge in [-0.2, -0.15) is 0 Å². The van der Waals surface area contributed by atoms with Crippen LogP contribution in [-0.4, -0.2) is 36.6 Å². The summed E-state index contributed by atoms with van der Waals surface area (Å²) in [7, 11) is 0. The molecule has 1 fully saturated rings. The van der Waals surface area contributed by atoms with Gasteiger partial charge in [0, 0.05) is 30.9 Å². The largest absolute Gasteiger partial charge is 0.398 e. The van der Waals surface area contributed by atoms with Gasteiger partial charge in [0.1, 0.15) is 0 Å². The minimum Gasteiger partial charge on any atom is -0.398 e. The first kappa shape index (κ1) is 12.9. The SMILES string of the molecule is Cc1ccc(C(=O)N2CCCOC(C)C2)cc1N. The minimum atomic E-state index is 0.0408. The Morgan fingerprint density at radius 2 is 2.28 bits per heavy atom. The van der Waals surface area contributed by atoms with Crippen molar-refractivity contribution in [1.29, 1.82) is 0 Å². The van der Waals surface area contributed by atoms with Crippen molar-refractivity contribution < 1.29 is 9.53 Å². The third-order valence-electron chi connectivity index (χ3n) is 3.27. The third kappa shape index (κ3) is 2.82. The van der Waals surface area contributed by atoms with E-state index in [1.165, 1.54) is 0 Å². The van der Waals surface area contributed by atoms with Gasteiger partial charge in [-0.05, 0) is 38.0 Å². The molecule has 1 aromatic carbocycles. The number of nitrogen functional groups attached to an aromatic ring is 1. The fourth-order valence-electron chi connectivity index (χ4n) is 2.13. The molecule has 0 aromatic heterocycles. The molecule has 0 saturated carbocycles. The number of nitrogens with zero attached hydrogens (tertiary/aromatic N) is 1. The highest BCUT2D eigenvalue weighted by molar-refractivity contribution is 5.95. The van der Waals surface area contributed by atoms with E-state index < -0.39 is 0 Å². The van der Waals surface area contributed by atoms with Crippen LogP contribution in [0, 0.1) is 6.92 Å². The molecule has 1 aromatic rings. The highest BCUT2D eigenvalue weighted by Gasteiger charge is 2.21. The number of carbonyl (C=O) groups excluding carboxylic acids is 1. The highest BCUT2D eigenvalue weighted by atomic mass is 16.5. The molecule has 1 amide bonds. The standard InChI is InChI=1S/C14H20N2O2/c1-10-4-5-12(8-13(10)15)14(17)16-6-3-7-18-11(2)9-16/h4-5,8,11H,3,6-7,9,15H2,1-2H3. The molecule has 1 atom stereocenters. The van der Waals surface area contributed by atoms with E-state index >= 15 is 0 Å². The average Bonchev–Trinajstić information content (AvgIpc) is 2.56. The Morgan fingerprint density at radius 1 is 1.50 bits per heavy atom. The molecule has 0 radical (unpaired) electrons. The molecule has 4 nitrogen and oxygen atoms in total. The maximum Gasteiger partial charge on any atom is 0.254 e. The zero-order valence-corrected chi connectivity index (χ0v) is 11.0. The molecule has 98 valence electrons. The average molecular weight is 248 g/mol. The van der Waals surface area contributed by atoms with Crippen molar-refractivity contribution in [3.8, 4) is 0 Å². The summed E-state index contributed by atoms with van der Waals surface area (Å²) in [5.41, 5.74) is 8.18. The molecule has 18 heavy (non-hydrogen) atoms. The number of hydrogen-bond acceptors (Lipinski definition) is 3. The lowest BCUT2D eigenvalue weighted by Gasteiger charge is -2.22. The van der Waals surface area contributed by atoms with Gasteiger partial charge in [0.2, 0.25) is 0 Å². The Hall–Kier alpha value is -1.55. The van der Waals surface area contributed by atoms with Crippen LogP contribution in [0.1, 0.15) is 29.3 Å². The second kappa shape index (κ2) is 5.40. The summed E-state index contributed by atoms with van der Waals surface area (Å²) >= 11 is 0. The van der Waals surface area contributed by atoms with Crippen molar-refractivity contribution in [3.05, 3.63) is 29.3 Å². The van der Waals surface area contributed by atoms with Gasteiger partial charge in [-0.25, -0.2) is 0 Å². The molecule has 2 N–H and O–H groups in total. The molecule has 1 unspecified atom stereocenters. The van der Waals surface area contributed by atoms with Crippen molar-refractivity contribution in [1.82, 2.24) is 4.90 Å². The predicted octanol–water partition coefficient (Wildman–Crippen LogP) is 1.83. The maximum atomic E-state index is 12.4. The van der Waals surface area contributed by atoms with Crippen molar-refractivity contribution in [2.75, 3.05) is 25.4 Å². The van der Waals surface area contributed by atoms with Crippen LogP contribution in [0.15, 0.2) is 18.2 Å². The monoisotopic (exact) mass is 248 g/mol. The Kier molecular flexibility index (Phi) is 3.87. The number of benzene rings is 1. The van der Waals surface area contributed by atoms with Crippen molar-refractivity contribution in [3.63, 3.8) is 0 Å². The van der Waals surface area contributed by atoms with Crippen LogP contribution >= 0.6 is 0 Å². The Balaban J connectivity index is 2.16. The van der Waals surface area contributed by atoms with E-state index in [1.807, 2.05) is 30.9 Å². The summed E-state index contributed by atoms with van der Waals surface area (Å²) in [6.07, 6.45) is 0.983. The van der Waals surface area contributed by atoms with Gasteiger partial charge in [0.15, 0.2) is 0 Å². The maximum absolute atomic E-state index is 12.4. The van der Waals surface area contributed by atoms with E-state index in [0.717, 1.165) is 25.1 Å². The quantitative estimate of drug-likeness (QED) is 0.771. The second-order valence-corrected chi connectivity index (χ2v) is 4.86. The topological polar surface area (TPSA) is 55.6 Å². The first-order chi connectivity index (χ1) is 8.58. The summed E-state index contributed by atoms with van der Waals surface area (Å²) < 4.78 is 5.54. The smallest absolute Gasteiger partial charge is 0.254 e. The molecule has 1 heterocycles. The van der Waals surface area contributed by atoms with Crippen molar-refractivity contribution in [2.24, 2.45) is 0 Å². The zero-order valence-electron chi connectivity index (χ0n) is 11.0. The first-order valence-electron chi connectivity index (χ1n) is 6.35. The highest BCUT2D eigenvalue weighted by Crippen LogP contribution is 2.16. The van der Waals surface area contributed by atoms with Gasteiger partial charge in [-0.3, -0.25) is 4.79 Å². The second-order valence-electron chi connectivity index (χ2n) is 4.86. The molecule has 1 saturated heterocycles. The van der Waals surface area contributed by atoms with E-state index in [4.69, 9.17) is 10.5 Å². The normalized spacial score (nSPS) is 20.6. The van der Waals surface area contributed by atoms with Crippen LogP contribution in [0.2, 0.25) is 0 Å². The van der Waals surface area contributed by atoms with E-state index in [-0.39, 0.29) is 12.0 Å². The number of aryl methyl sites for hydroxylation is 1. The van der Waals surface area contributed by atoms with Crippen LogP contribution in [0.3, 0.4) is 0 Å². The molecular weight excluding hydrogens is 228 g/mol. The van der Waals surface area contributed by atoms with Gasteiger partial charge in [0.25, 0.3) is 5.91 Å². The van der Waals surface area contributed by atoms with Gasteiger partial charge in [0.05, 0.1) is 6.10 Å². The van der Waals surface area contributed by atoms with Gasteiger partial charge in [-0.15, -0.1) is 0 Å². The fourth-order valence-corrected chi connectivity index (χ4v) is 2.13. The van der Waals surface area contributed by atoms with Crippen LogP contribution in [0.25, 0.3) is 0 Å². The van der Waals surface area contributed by atoms with E-state index in [1.54, 1.807) is 6.07 Å². The molecule has 4 heteroatoms. The lowest BCUT2D eigenvalue weighted by molar-refractivity contribution is 0.0563. The van der Waals surface area contributed by atoms with Crippen molar-refractivity contribution in [2.45, 2.75) is 26.4 Å². The van der Waals surface area contributed by atoms with Gasteiger partial charge in [-0.1, -0.05) is 6.07 Å². The number of nitrogens with two attached hydrogens (primary N) is 1. The summed E-state index contributed by atoms with van der Waals surface area (Å²) in [4.78, 5) is 14.2. The number of hydrogen-bond donors (Lipinski definition) is 1. The lowest BCUT2D eigenvalue weighted by atomic mass is 10.1. The van der Waals surface area contributed by atoms with Crippen LogP contribution in [0.4, 0.5) is 5.69 Å². The predicted molar refractivity (Wildman–Crippen MR) is 71.5 cm³/mol. The summed E-state index contributed by atoms with van der Waals surface area (Å²) in [5.74, 6) is 0.0408. The van der Waals surface area contributed by atoms with Crippen LogP contribution < -0.4 is 5.73 Å². The summed E-state index contributed by atoms with van der Waals surface area (Å²) in [5, 5.41) is 0. The van der Waals surface area contributed by atoms with Crippen LogP contribution in [-0.2, 0) is 4.74 Å². The van der Waals surface area contributed by atoms with E-state index in [2.05, 4.69) is 0 Å². The number of rotatable bonds is 1. The number of amides is 1. The van der Waals surface area contributed by atoms with Gasteiger partial charge < -0.3 is 15.4 Å². The van der Waals surface area contributed by atoms with E-state index in [0.29, 0.717) is 17.8 Å². The van der Waals surface area contributed by atoms with E-state index in [9.17, 15) is 4.79 Å². The molecule has 1 aliphatic rings. The first-order valence-corrected chi connectivity index (χ1v) is 6.35. The van der Waals surface area contributed by atoms with Crippen LogP contribution in [0.5, 0.6) is 0 Å². The summed E-state index contributed by atoms with van der Waals surface area (Å²) in [6.45, 7) is 6.05. The van der Waals surface area contributed by atoms with Crippen molar-refractivity contribution >= 4 is 11.6 Å². The number of carbonyl (C=O) groups is 1.